The van der Waals surface area contributed by atoms with Gasteiger partial charge in [-0.2, -0.15) is 0 Å². The molecule has 1 aromatic heterocycles. The summed E-state index contributed by atoms with van der Waals surface area (Å²) in [5.74, 6) is 0.289. The molecule has 124 valence electrons. The monoisotopic (exact) mass is 325 g/mol. The molecule has 1 fully saturated rings. The van der Waals surface area contributed by atoms with E-state index in [1.54, 1.807) is 16.8 Å². The van der Waals surface area contributed by atoms with Crippen molar-refractivity contribution in [3.05, 3.63) is 53.8 Å². The van der Waals surface area contributed by atoms with Gasteiger partial charge in [0.2, 0.25) is 5.88 Å². The molecule has 0 bridgehead atoms. The Balaban J connectivity index is 1.82. The predicted molar refractivity (Wildman–Crippen MR) is 92.3 cm³/mol. The number of halogens is 1. The number of nitrogens with zero attached hydrogens (tertiary/aromatic N) is 2. The molecule has 24 heavy (non-hydrogen) atoms. The summed E-state index contributed by atoms with van der Waals surface area (Å²) in [6.45, 7) is 3.93. The number of piperidine rings is 1. The smallest absolute Gasteiger partial charge is 0.241 e. The van der Waals surface area contributed by atoms with Gasteiger partial charge in [0.25, 0.3) is 0 Å². The van der Waals surface area contributed by atoms with Crippen molar-refractivity contribution in [2.24, 2.45) is 0 Å². The maximum atomic E-state index is 14.3. The summed E-state index contributed by atoms with van der Waals surface area (Å²) in [7, 11) is 0. The molecule has 2 heterocycles. The average Bonchev–Trinajstić information content (AvgIpc) is 2.94. The molecule has 0 spiro atoms. The highest BCUT2D eigenvalue weighted by Gasteiger charge is 2.20. The quantitative estimate of drug-likeness (QED) is 0.800. The first-order valence-corrected chi connectivity index (χ1v) is 8.34. The van der Waals surface area contributed by atoms with Crippen LogP contribution in [0.25, 0.3) is 16.6 Å². The fourth-order valence-corrected chi connectivity index (χ4v) is 3.16. The van der Waals surface area contributed by atoms with Crippen molar-refractivity contribution in [2.45, 2.75) is 25.9 Å². The van der Waals surface area contributed by atoms with E-state index in [9.17, 15) is 4.39 Å². The van der Waals surface area contributed by atoms with E-state index in [4.69, 9.17) is 4.74 Å². The second kappa shape index (κ2) is 6.24. The van der Waals surface area contributed by atoms with Gasteiger partial charge in [-0.3, -0.25) is 0 Å². The number of rotatable bonds is 3. The van der Waals surface area contributed by atoms with Crippen molar-refractivity contribution in [1.29, 1.82) is 0 Å². The molecule has 2 aromatic carbocycles. The van der Waals surface area contributed by atoms with Crippen LogP contribution in [0.15, 0.2) is 42.5 Å². The van der Waals surface area contributed by atoms with E-state index in [1.807, 2.05) is 31.2 Å². The molecule has 5 heteroatoms. The summed E-state index contributed by atoms with van der Waals surface area (Å²) in [4.78, 5) is 0. The lowest BCUT2D eigenvalue weighted by atomic mass is 10.1. The van der Waals surface area contributed by atoms with E-state index in [-0.39, 0.29) is 11.9 Å². The summed E-state index contributed by atoms with van der Waals surface area (Å²) in [6, 6.07) is 12.7. The van der Waals surface area contributed by atoms with Crippen molar-refractivity contribution in [1.82, 2.24) is 15.1 Å². The van der Waals surface area contributed by atoms with Gasteiger partial charge in [-0.25, -0.2) is 9.07 Å². The zero-order chi connectivity index (χ0) is 16.5. The molecule has 1 N–H and O–H groups in total. The number of hydrogen-bond donors (Lipinski definition) is 1. The number of aryl methyl sites for hydroxylation is 1. The first kappa shape index (κ1) is 15.1. The Bertz CT molecular complexity index is 868. The molecule has 0 saturated carbocycles. The lowest BCUT2D eigenvalue weighted by Crippen LogP contribution is -2.34. The van der Waals surface area contributed by atoms with Crippen LogP contribution in [0, 0.1) is 12.7 Å². The van der Waals surface area contributed by atoms with Crippen LogP contribution < -0.4 is 10.1 Å². The van der Waals surface area contributed by atoms with Gasteiger partial charge in [-0.1, -0.05) is 18.2 Å². The van der Waals surface area contributed by atoms with E-state index in [1.165, 1.54) is 6.07 Å². The van der Waals surface area contributed by atoms with Gasteiger partial charge < -0.3 is 10.1 Å². The molecule has 0 radical (unpaired) electrons. The number of nitrogens with one attached hydrogen (secondary N) is 1. The third kappa shape index (κ3) is 2.76. The molecule has 0 aliphatic carbocycles. The Labute approximate surface area is 140 Å². The lowest BCUT2D eigenvalue weighted by Gasteiger charge is -2.22. The van der Waals surface area contributed by atoms with E-state index < -0.39 is 0 Å². The second-order valence-electron chi connectivity index (χ2n) is 6.26. The van der Waals surface area contributed by atoms with Gasteiger partial charge in [0.15, 0.2) is 0 Å². The second-order valence-corrected chi connectivity index (χ2v) is 6.26. The van der Waals surface area contributed by atoms with Crippen LogP contribution in [-0.4, -0.2) is 29.0 Å². The third-order valence-electron chi connectivity index (χ3n) is 4.45. The minimum atomic E-state index is -0.295. The standard InChI is InChI=1S/C19H20FN3O/c1-13-6-7-15-18(12-13)23(17-5-3-2-4-16(17)20)22-19(15)24-14-8-10-21-11-9-14/h2-7,12,14,21H,8-11H2,1H3. The van der Waals surface area contributed by atoms with Gasteiger partial charge in [0.1, 0.15) is 17.6 Å². The van der Waals surface area contributed by atoms with Crippen LogP contribution in [0.1, 0.15) is 18.4 Å². The molecule has 4 rings (SSSR count). The summed E-state index contributed by atoms with van der Waals surface area (Å²) in [6.07, 6.45) is 2.07. The van der Waals surface area contributed by atoms with Gasteiger partial charge in [0, 0.05) is 0 Å². The van der Waals surface area contributed by atoms with Gasteiger partial charge >= 0.3 is 0 Å². The van der Waals surface area contributed by atoms with Crippen molar-refractivity contribution >= 4 is 10.9 Å². The number of fused-ring (bicyclic) bond motifs is 1. The zero-order valence-electron chi connectivity index (χ0n) is 13.6. The van der Waals surface area contributed by atoms with Crippen LogP contribution in [-0.2, 0) is 0 Å². The maximum absolute atomic E-state index is 14.3. The third-order valence-corrected chi connectivity index (χ3v) is 4.45. The highest BCUT2D eigenvalue weighted by molar-refractivity contribution is 5.86. The Hall–Kier alpha value is -2.40. The van der Waals surface area contributed by atoms with Crippen LogP contribution in [0.4, 0.5) is 4.39 Å². The summed E-state index contributed by atoms with van der Waals surface area (Å²) >= 11 is 0. The summed E-state index contributed by atoms with van der Waals surface area (Å²) < 4.78 is 22.1. The SMILES string of the molecule is Cc1ccc2c(OC3CCNCC3)nn(-c3ccccc3F)c2c1. The Morgan fingerprint density at radius 3 is 2.75 bits per heavy atom. The van der Waals surface area contributed by atoms with E-state index in [2.05, 4.69) is 10.4 Å². The molecule has 4 nitrogen and oxygen atoms in total. The number of ether oxygens (including phenoxy) is 1. The highest BCUT2D eigenvalue weighted by Crippen LogP contribution is 2.30. The Morgan fingerprint density at radius 1 is 1.17 bits per heavy atom. The van der Waals surface area contributed by atoms with Gasteiger partial charge in [-0.15, -0.1) is 5.10 Å². The van der Waals surface area contributed by atoms with E-state index in [0.717, 1.165) is 42.4 Å². The summed E-state index contributed by atoms with van der Waals surface area (Å²) in [5, 5.41) is 8.84. The molecule has 0 unspecified atom stereocenters. The number of para-hydroxylation sites is 1. The minimum absolute atomic E-state index is 0.153. The predicted octanol–water partition coefficient (Wildman–Crippen LogP) is 3.60. The lowest BCUT2D eigenvalue weighted by molar-refractivity contribution is 0.157. The molecular formula is C19H20FN3O. The Kier molecular flexibility index (Phi) is 3.94. The molecule has 1 aliphatic rings. The number of hydrogen-bond acceptors (Lipinski definition) is 3. The molecule has 1 aliphatic heterocycles. The molecule has 0 amide bonds. The van der Waals surface area contributed by atoms with Crippen molar-refractivity contribution < 1.29 is 9.13 Å². The molecular weight excluding hydrogens is 305 g/mol. The van der Waals surface area contributed by atoms with Crippen LogP contribution >= 0.6 is 0 Å². The van der Waals surface area contributed by atoms with Crippen LogP contribution in [0.3, 0.4) is 0 Å². The van der Waals surface area contributed by atoms with Crippen molar-refractivity contribution in [3.8, 4) is 11.6 Å². The van der Waals surface area contributed by atoms with E-state index >= 15 is 0 Å². The average molecular weight is 325 g/mol. The first-order valence-electron chi connectivity index (χ1n) is 8.34. The fraction of sp³-hybridized carbons (Fsp3) is 0.316. The largest absolute Gasteiger partial charge is 0.473 e. The zero-order valence-corrected chi connectivity index (χ0v) is 13.6. The van der Waals surface area contributed by atoms with Gasteiger partial charge in [-0.05, 0) is 62.7 Å². The maximum Gasteiger partial charge on any atom is 0.241 e. The molecule has 0 atom stereocenters. The normalized spacial score (nSPS) is 15.8. The van der Waals surface area contributed by atoms with Crippen molar-refractivity contribution in [3.63, 3.8) is 0 Å². The van der Waals surface area contributed by atoms with E-state index in [0.29, 0.717) is 11.6 Å². The molecule has 1 saturated heterocycles. The van der Waals surface area contributed by atoms with Crippen molar-refractivity contribution in [2.75, 3.05) is 13.1 Å². The minimum Gasteiger partial charge on any atom is -0.473 e. The topological polar surface area (TPSA) is 39.1 Å². The Morgan fingerprint density at radius 2 is 1.96 bits per heavy atom. The summed E-state index contributed by atoms with van der Waals surface area (Å²) in [5.41, 5.74) is 2.41. The first-order chi connectivity index (χ1) is 11.7. The highest BCUT2D eigenvalue weighted by atomic mass is 19.1. The molecule has 3 aromatic rings. The number of aromatic nitrogens is 2. The van der Waals surface area contributed by atoms with Crippen LogP contribution in [0.5, 0.6) is 5.88 Å². The number of benzene rings is 2. The fourth-order valence-electron chi connectivity index (χ4n) is 3.16. The van der Waals surface area contributed by atoms with Crippen LogP contribution in [0.2, 0.25) is 0 Å². The van der Waals surface area contributed by atoms with Gasteiger partial charge in [0.05, 0.1) is 10.9 Å².